The number of aromatic nitrogens is 1. The number of anilines is 1. The third-order valence-electron chi connectivity index (χ3n) is 4.56. The third kappa shape index (κ3) is 2.79. The van der Waals surface area contributed by atoms with Crippen LogP contribution in [0.1, 0.15) is 26.2 Å². The molecule has 6 heteroatoms. The summed E-state index contributed by atoms with van der Waals surface area (Å²) in [6.07, 6.45) is 2.70. The van der Waals surface area contributed by atoms with Crippen LogP contribution in [0.5, 0.6) is 0 Å². The van der Waals surface area contributed by atoms with E-state index in [2.05, 4.69) is 4.98 Å². The Morgan fingerprint density at radius 3 is 2.59 bits per heavy atom. The Kier molecular flexibility index (Phi) is 4.29. The topological polar surface area (TPSA) is 45.7 Å². The van der Waals surface area contributed by atoms with Gasteiger partial charge < -0.3 is 14.5 Å². The smallest absolute Gasteiger partial charge is 0.254 e. The van der Waals surface area contributed by atoms with E-state index in [4.69, 9.17) is 4.74 Å². The van der Waals surface area contributed by atoms with Gasteiger partial charge >= 0.3 is 0 Å². The Labute approximate surface area is 130 Å². The van der Waals surface area contributed by atoms with Gasteiger partial charge in [-0.05, 0) is 38.3 Å². The summed E-state index contributed by atoms with van der Waals surface area (Å²) in [5.41, 5.74) is -0.575. The van der Waals surface area contributed by atoms with Gasteiger partial charge in [0, 0.05) is 32.8 Å². The van der Waals surface area contributed by atoms with Crippen LogP contribution in [0.25, 0.3) is 0 Å². The molecule has 2 heterocycles. The van der Waals surface area contributed by atoms with Gasteiger partial charge in [-0.1, -0.05) is 6.07 Å². The van der Waals surface area contributed by atoms with E-state index in [-0.39, 0.29) is 5.91 Å². The zero-order valence-electron chi connectivity index (χ0n) is 12.9. The van der Waals surface area contributed by atoms with Crippen molar-refractivity contribution in [2.24, 2.45) is 0 Å². The number of carbonyl (C=O) groups excluding carboxylic acids is 1. The maximum absolute atomic E-state index is 13.2. The Morgan fingerprint density at radius 1 is 1.32 bits per heavy atom. The van der Waals surface area contributed by atoms with E-state index in [0.717, 1.165) is 19.3 Å². The summed E-state index contributed by atoms with van der Waals surface area (Å²) in [6.45, 7) is 5.10. The van der Waals surface area contributed by atoms with E-state index in [0.29, 0.717) is 38.6 Å². The second-order valence-electron chi connectivity index (χ2n) is 5.88. The highest BCUT2D eigenvalue weighted by molar-refractivity contribution is 5.86. The van der Waals surface area contributed by atoms with E-state index < -0.39 is 11.5 Å². The highest BCUT2D eigenvalue weighted by Crippen LogP contribution is 2.37. The lowest BCUT2D eigenvalue weighted by Gasteiger charge is -2.45. The summed E-state index contributed by atoms with van der Waals surface area (Å²) in [5, 5.41) is 0. The molecule has 120 valence electrons. The number of pyridine rings is 1. The van der Waals surface area contributed by atoms with Crippen LogP contribution in [0, 0.1) is 5.95 Å². The molecule has 22 heavy (non-hydrogen) atoms. The van der Waals surface area contributed by atoms with Crippen LogP contribution < -0.4 is 4.90 Å². The predicted molar refractivity (Wildman–Crippen MR) is 81.2 cm³/mol. The molecule has 0 bridgehead atoms. The van der Waals surface area contributed by atoms with Crippen molar-refractivity contribution in [1.82, 2.24) is 9.88 Å². The van der Waals surface area contributed by atoms with Crippen LogP contribution in [-0.2, 0) is 9.53 Å². The van der Waals surface area contributed by atoms with E-state index in [1.165, 1.54) is 6.07 Å². The van der Waals surface area contributed by atoms with Gasteiger partial charge in [0.1, 0.15) is 11.4 Å². The molecule has 0 unspecified atom stereocenters. The maximum Gasteiger partial charge on any atom is 0.254 e. The van der Waals surface area contributed by atoms with Crippen LogP contribution in [0.15, 0.2) is 18.2 Å². The normalized spacial score (nSPS) is 20.6. The molecule has 1 saturated heterocycles. The molecule has 1 aliphatic carbocycles. The summed E-state index contributed by atoms with van der Waals surface area (Å²) in [5.74, 6) is 0.281. The summed E-state index contributed by atoms with van der Waals surface area (Å²) in [7, 11) is 0. The first-order chi connectivity index (χ1) is 10.6. The zero-order valence-corrected chi connectivity index (χ0v) is 12.9. The number of carbonyl (C=O) groups is 1. The third-order valence-corrected chi connectivity index (χ3v) is 4.56. The number of amides is 1. The van der Waals surface area contributed by atoms with E-state index in [9.17, 15) is 9.18 Å². The lowest BCUT2D eigenvalue weighted by atomic mass is 9.78. The second-order valence-corrected chi connectivity index (χ2v) is 5.88. The van der Waals surface area contributed by atoms with Crippen LogP contribution in [0.4, 0.5) is 10.2 Å². The molecule has 1 saturated carbocycles. The zero-order chi connectivity index (χ0) is 15.6. The van der Waals surface area contributed by atoms with Crippen molar-refractivity contribution in [3.8, 4) is 0 Å². The lowest BCUT2D eigenvalue weighted by molar-refractivity contribution is -0.171. The van der Waals surface area contributed by atoms with Crippen LogP contribution in [0.2, 0.25) is 0 Å². The molecule has 1 aliphatic heterocycles. The lowest BCUT2D eigenvalue weighted by Crippen LogP contribution is -2.59. The first kappa shape index (κ1) is 15.2. The van der Waals surface area contributed by atoms with Gasteiger partial charge in [-0.3, -0.25) is 4.79 Å². The second kappa shape index (κ2) is 6.20. The Bertz CT molecular complexity index is 540. The standard InChI is InChI=1S/C16H22FN3O2/c1-2-22-16(7-4-8-16)15(21)20-11-9-19(10-12-20)14-6-3-5-13(17)18-14/h3,5-6H,2,4,7-12H2,1H3. The van der Waals surface area contributed by atoms with Crippen LogP contribution >= 0.6 is 0 Å². The van der Waals surface area contributed by atoms with E-state index in [1.807, 2.05) is 16.7 Å². The molecule has 5 nitrogen and oxygen atoms in total. The number of hydrogen-bond acceptors (Lipinski definition) is 4. The first-order valence-corrected chi connectivity index (χ1v) is 7.95. The highest BCUT2D eigenvalue weighted by atomic mass is 19.1. The fraction of sp³-hybridized carbons (Fsp3) is 0.625. The average Bonchev–Trinajstić information content (AvgIpc) is 2.50. The van der Waals surface area contributed by atoms with Crippen LogP contribution in [0.3, 0.4) is 0 Å². The maximum atomic E-state index is 13.2. The Balaban J connectivity index is 1.61. The number of halogens is 1. The monoisotopic (exact) mass is 307 g/mol. The largest absolute Gasteiger partial charge is 0.365 e. The van der Waals surface area contributed by atoms with Crippen LogP contribution in [-0.4, -0.2) is 54.2 Å². The quantitative estimate of drug-likeness (QED) is 0.796. The number of piperazine rings is 1. The van der Waals surface area contributed by atoms with Gasteiger partial charge in [0.15, 0.2) is 0 Å². The van der Waals surface area contributed by atoms with E-state index in [1.54, 1.807) is 12.1 Å². The molecule has 3 rings (SSSR count). The highest BCUT2D eigenvalue weighted by Gasteiger charge is 2.47. The van der Waals surface area contributed by atoms with Crippen molar-refractivity contribution in [3.63, 3.8) is 0 Å². The molecular formula is C16H22FN3O2. The molecule has 2 fully saturated rings. The Hall–Kier alpha value is -1.69. The molecule has 1 aromatic heterocycles. The fourth-order valence-corrected chi connectivity index (χ4v) is 3.19. The van der Waals surface area contributed by atoms with Crippen molar-refractivity contribution in [2.75, 3.05) is 37.7 Å². The van der Waals surface area contributed by atoms with Gasteiger partial charge in [0.2, 0.25) is 5.95 Å². The number of hydrogen-bond donors (Lipinski definition) is 0. The molecule has 0 radical (unpaired) electrons. The van der Waals surface area contributed by atoms with Crippen molar-refractivity contribution in [2.45, 2.75) is 31.8 Å². The molecule has 1 aromatic rings. The number of rotatable bonds is 4. The molecule has 0 spiro atoms. The summed E-state index contributed by atoms with van der Waals surface area (Å²) >= 11 is 0. The minimum atomic E-state index is -0.575. The number of nitrogens with zero attached hydrogens (tertiary/aromatic N) is 3. The SMILES string of the molecule is CCOC1(C(=O)N2CCN(c3cccc(F)n3)CC2)CCC1. The summed E-state index contributed by atoms with van der Waals surface area (Å²) < 4.78 is 18.9. The molecule has 0 atom stereocenters. The minimum absolute atomic E-state index is 0.118. The van der Waals surface area contributed by atoms with Crippen molar-refractivity contribution in [3.05, 3.63) is 24.1 Å². The van der Waals surface area contributed by atoms with Gasteiger partial charge in [0.05, 0.1) is 0 Å². The predicted octanol–water partition coefficient (Wildman–Crippen LogP) is 1.83. The minimum Gasteiger partial charge on any atom is -0.365 e. The summed E-state index contributed by atoms with van der Waals surface area (Å²) in [6, 6.07) is 4.80. The van der Waals surface area contributed by atoms with E-state index >= 15 is 0 Å². The fourth-order valence-electron chi connectivity index (χ4n) is 3.19. The molecule has 1 amide bonds. The van der Waals surface area contributed by atoms with Gasteiger partial charge in [-0.15, -0.1) is 0 Å². The van der Waals surface area contributed by atoms with Crippen molar-refractivity contribution in [1.29, 1.82) is 0 Å². The summed E-state index contributed by atoms with van der Waals surface area (Å²) in [4.78, 5) is 20.5. The average molecular weight is 307 g/mol. The molecular weight excluding hydrogens is 285 g/mol. The van der Waals surface area contributed by atoms with Crippen molar-refractivity contribution >= 4 is 11.7 Å². The van der Waals surface area contributed by atoms with Gasteiger partial charge in [-0.25, -0.2) is 4.98 Å². The molecule has 0 N–H and O–H groups in total. The molecule has 2 aliphatic rings. The molecule has 0 aromatic carbocycles. The van der Waals surface area contributed by atoms with Crippen molar-refractivity contribution < 1.29 is 13.9 Å². The van der Waals surface area contributed by atoms with Gasteiger partial charge in [0.25, 0.3) is 5.91 Å². The number of ether oxygens (including phenoxy) is 1. The van der Waals surface area contributed by atoms with Gasteiger partial charge in [-0.2, -0.15) is 4.39 Å². The Morgan fingerprint density at radius 2 is 2.05 bits per heavy atom. The first-order valence-electron chi connectivity index (χ1n) is 7.95.